The van der Waals surface area contributed by atoms with E-state index in [4.69, 9.17) is 20.6 Å². The maximum Gasteiger partial charge on any atom is 0.342 e. The molecule has 7 N–H and O–H groups in total. The first-order valence-corrected chi connectivity index (χ1v) is 25.7. The van der Waals surface area contributed by atoms with Crippen LogP contribution in [0.15, 0.2) is 109 Å². The maximum atomic E-state index is 13.9. The first-order chi connectivity index (χ1) is 36.6. The number of aliphatic hydroxyl groups excluding tert-OH is 1. The Morgan fingerprint density at radius 1 is 0.520 bits per heavy atom. The number of unbranched alkanes of at least 4 members (excludes halogenated alkanes) is 10. The molecule has 0 aliphatic heterocycles. The molecule has 0 fully saturated rings. The van der Waals surface area contributed by atoms with E-state index in [1.165, 1.54) is 18.2 Å². The number of anilines is 3. The van der Waals surface area contributed by atoms with Gasteiger partial charge in [0.2, 0.25) is 0 Å². The number of urea groups is 3. The molecule has 1 unspecified atom stereocenters. The lowest BCUT2D eigenvalue weighted by atomic mass is 10.1. The van der Waals surface area contributed by atoms with Gasteiger partial charge in [-0.05, 0) is 71.9 Å². The number of ether oxygens (including phenoxy) is 3. The Balaban J connectivity index is -0.00000253. The number of nitrogens with one attached hydrogen (secondary N) is 6. The lowest BCUT2D eigenvalue weighted by Gasteiger charge is -2.25. The van der Waals surface area contributed by atoms with Crippen LogP contribution in [-0.2, 0) is 43.1 Å². The number of hydrogen-bond acceptors (Lipinski definition) is 9. The van der Waals surface area contributed by atoms with Crippen molar-refractivity contribution in [3.05, 3.63) is 126 Å². The average Bonchev–Trinajstić information content (AvgIpc) is 3.40. The number of terminal acetylenes is 1. The number of aliphatic hydroxyl groups is 1. The molecule has 0 aliphatic rings. The van der Waals surface area contributed by atoms with Crippen molar-refractivity contribution >= 4 is 47.1 Å². The quantitative estimate of drug-likeness (QED) is 0.0115. The van der Waals surface area contributed by atoms with Crippen molar-refractivity contribution < 1.29 is 54.7 Å². The number of esters is 2. The minimum Gasteiger partial charge on any atom is -0.464 e. The summed E-state index contributed by atoms with van der Waals surface area (Å²) in [6.45, 7) is 4.81. The number of amides is 6. The molecular formula is C60H86N6O9. The van der Waals surface area contributed by atoms with Crippen molar-refractivity contribution in [2.45, 2.75) is 135 Å². The molecule has 0 heterocycles. The van der Waals surface area contributed by atoms with E-state index in [0.717, 1.165) is 81.8 Å². The molecule has 15 nitrogen and oxygen atoms in total. The normalized spacial score (nSPS) is 11.8. The third-order valence-corrected chi connectivity index (χ3v) is 11.5. The van der Waals surface area contributed by atoms with Crippen LogP contribution in [-0.4, -0.2) is 72.8 Å². The van der Waals surface area contributed by atoms with Gasteiger partial charge in [-0.25, -0.2) is 24.0 Å². The Morgan fingerprint density at radius 3 is 1.43 bits per heavy atom. The molecule has 4 rings (SSSR count). The van der Waals surface area contributed by atoms with Crippen molar-refractivity contribution in [1.29, 1.82) is 0 Å². The summed E-state index contributed by atoms with van der Waals surface area (Å²) in [7, 11) is 0. The van der Waals surface area contributed by atoms with E-state index in [-0.39, 0.29) is 54.3 Å². The molecule has 75 heavy (non-hydrogen) atoms. The van der Waals surface area contributed by atoms with Gasteiger partial charge in [0.05, 0.1) is 12.6 Å². The SMILES string of the molecule is C#CC#CC#CC#COC(=O)[C@H](Cc1ccccc1)NC(=O)Nc1cc(NC(=O)N[C@@H](Cc2ccccc2)C(=O)OCCCCCCCC)cc(NC(=O)N[C@@H](Cc2ccccc2)C(O)OCCCCCCCC)c1.[HH].[HH].[HH].[HH].[HH].[HH].[HH].[HH]. The molecule has 410 valence electrons. The summed E-state index contributed by atoms with van der Waals surface area (Å²) in [6, 6.07) is 26.2. The fourth-order valence-corrected chi connectivity index (χ4v) is 7.67. The van der Waals surface area contributed by atoms with Crippen molar-refractivity contribution in [3.8, 4) is 48.1 Å². The van der Waals surface area contributed by atoms with E-state index in [0.29, 0.717) is 18.6 Å². The summed E-state index contributed by atoms with van der Waals surface area (Å²) in [5, 5.41) is 27.6. The smallest absolute Gasteiger partial charge is 0.342 e. The second-order valence-electron chi connectivity index (χ2n) is 17.6. The van der Waals surface area contributed by atoms with Crippen molar-refractivity contribution in [3.63, 3.8) is 0 Å². The predicted molar refractivity (Wildman–Crippen MR) is 310 cm³/mol. The van der Waals surface area contributed by atoms with E-state index in [9.17, 15) is 29.1 Å². The van der Waals surface area contributed by atoms with Crippen molar-refractivity contribution in [2.75, 3.05) is 29.2 Å². The molecule has 0 spiro atoms. The van der Waals surface area contributed by atoms with E-state index >= 15 is 0 Å². The molecule has 0 aliphatic carbocycles. The third-order valence-electron chi connectivity index (χ3n) is 11.5. The van der Waals surface area contributed by atoms with Crippen LogP contribution >= 0.6 is 0 Å². The van der Waals surface area contributed by atoms with Crippen LogP contribution in [0, 0.1) is 48.1 Å². The Kier molecular flexibility index (Phi) is 28.4. The fraction of sp³-hybridized carbons (Fsp3) is 0.383. The molecule has 0 bridgehead atoms. The predicted octanol–water partition coefficient (Wildman–Crippen LogP) is 11.6. The fourth-order valence-electron chi connectivity index (χ4n) is 7.67. The van der Waals surface area contributed by atoms with E-state index < -0.39 is 54.4 Å². The van der Waals surface area contributed by atoms with E-state index in [1.54, 1.807) is 30.3 Å². The van der Waals surface area contributed by atoms with Gasteiger partial charge < -0.3 is 51.2 Å². The highest BCUT2D eigenvalue weighted by Crippen LogP contribution is 2.24. The second kappa shape index (κ2) is 35.8. The minimum atomic E-state index is -1.35. The van der Waals surface area contributed by atoms with Gasteiger partial charge in [-0.1, -0.05) is 169 Å². The number of carbonyl (C=O) groups excluding carboxylic acids is 5. The van der Waals surface area contributed by atoms with Crippen LogP contribution in [0.5, 0.6) is 0 Å². The maximum absolute atomic E-state index is 13.9. The lowest BCUT2D eigenvalue weighted by molar-refractivity contribution is -0.146. The third kappa shape index (κ3) is 25.3. The Labute approximate surface area is 454 Å². The van der Waals surface area contributed by atoms with Crippen molar-refractivity contribution in [2.24, 2.45) is 0 Å². The standard InChI is InChI=1S/C60H70N6O9.8H2/c1-4-7-10-13-16-28-37-73-55(67)52(40-46-31-22-19-23-32-46)64-58(70)61-49-43-50(62-59(71)65-53(41-47-33-24-20-25-34-47)56(68)74-38-29-17-14-11-8-5-2)45-51(44-49)63-60(72)66-54(42-48-35-26-21-27-36-48)57(69)75-39-30-18-15-12-9-6-3;;;;;;;;/h1,19-27,31-36,43-45,52-54,56,68H,5-6,8-9,11-12,14-15,17-18,29-30,38-42H2,2-3H3,(H2,61,64,70)(H2,62,65,71)(H2,63,66,72);8*1H/t52-,53-,54-,56?;;;;;;;;/m0......../s1. The van der Waals surface area contributed by atoms with Crippen LogP contribution in [0.4, 0.5) is 31.4 Å². The highest BCUT2D eigenvalue weighted by molar-refractivity contribution is 5.98. The van der Waals surface area contributed by atoms with Gasteiger partial charge in [-0.15, -0.1) is 6.42 Å². The lowest BCUT2D eigenvalue weighted by Crippen LogP contribution is -2.47. The van der Waals surface area contributed by atoms with E-state index in [2.05, 4.69) is 87.4 Å². The number of carbonyl (C=O) groups is 5. The number of rotatable bonds is 30. The number of benzene rings is 4. The largest absolute Gasteiger partial charge is 0.464 e. The van der Waals surface area contributed by atoms with Gasteiger partial charge in [0, 0.05) is 65.7 Å². The molecule has 0 radical (unpaired) electrons. The zero-order valence-electron chi connectivity index (χ0n) is 43.0. The van der Waals surface area contributed by atoms with E-state index in [1.807, 2.05) is 60.7 Å². The first kappa shape index (κ1) is 59.4. The van der Waals surface area contributed by atoms with Gasteiger partial charge in [-0.2, -0.15) is 0 Å². The van der Waals surface area contributed by atoms with Crippen LogP contribution < -0.4 is 31.9 Å². The van der Waals surface area contributed by atoms with Crippen LogP contribution in [0.1, 0.15) is 119 Å². The summed E-state index contributed by atoms with van der Waals surface area (Å²) in [4.78, 5) is 68.3. The van der Waals surface area contributed by atoms with Gasteiger partial charge in [-0.3, -0.25) is 0 Å². The summed E-state index contributed by atoms with van der Waals surface area (Å²) < 4.78 is 16.6. The van der Waals surface area contributed by atoms with Gasteiger partial charge >= 0.3 is 30.0 Å². The summed E-state index contributed by atoms with van der Waals surface area (Å²) >= 11 is 0. The molecule has 15 heteroatoms. The summed E-state index contributed by atoms with van der Waals surface area (Å²) in [5.41, 5.74) is 2.59. The zero-order valence-corrected chi connectivity index (χ0v) is 43.0. The molecular weight excluding hydrogens is 949 g/mol. The van der Waals surface area contributed by atoms with Gasteiger partial charge in [0.1, 0.15) is 18.2 Å². The number of hydrogen-bond donors (Lipinski definition) is 7. The van der Waals surface area contributed by atoms with Crippen LogP contribution in [0.2, 0.25) is 0 Å². The van der Waals surface area contributed by atoms with Crippen LogP contribution in [0.3, 0.4) is 0 Å². The monoisotopic (exact) mass is 1030 g/mol. The highest BCUT2D eigenvalue weighted by Gasteiger charge is 2.26. The minimum absolute atomic E-state index is 0. The molecule has 4 aromatic carbocycles. The Morgan fingerprint density at radius 2 is 0.933 bits per heavy atom. The Bertz CT molecular complexity index is 2660. The molecule has 0 saturated heterocycles. The van der Waals surface area contributed by atoms with Crippen molar-refractivity contribution in [1.82, 2.24) is 16.0 Å². The van der Waals surface area contributed by atoms with Gasteiger partial charge in [0.15, 0.2) is 6.29 Å². The topological polar surface area (TPSA) is 205 Å². The summed E-state index contributed by atoms with van der Waals surface area (Å²) in [6.07, 6.45) is 18.5. The average molecular weight is 1040 g/mol. The molecule has 0 aromatic heterocycles. The first-order valence-electron chi connectivity index (χ1n) is 25.7. The molecule has 6 amide bonds. The van der Waals surface area contributed by atoms with Crippen LogP contribution in [0.25, 0.3) is 0 Å². The Hall–Kier alpha value is -8.21. The van der Waals surface area contributed by atoms with Gasteiger partial charge in [0.25, 0.3) is 0 Å². The highest BCUT2D eigenvalue weighted by atomic mass is 16.6. The second-order valence-corrected chi connectivity index (χ2v) is 17.6. The zero-order chi connectivity index (χ0) is 53.7. The molecule has 4 aromatic rings. The molecule has 0 saturated carbocycles. The molecule has 4 atom stereocenters. The summed E-state index contributed by atoms with van der Waals surface area (Å²) in [5.74, 6) is 12.5.